The summed E-state index contributed by atoms with van der Waals surface area (Å²) in [7, 11) is 0. The monoisotopic (exact) mass is 117 g/mol. The molecule has 1 fully saturated rings. The third-order valence-electron chi connectivity index (χ3n) is 1.52. The van der Waals surface area contributed by atoms with Crippen molar-refractivity contribution in [3.8, 4) is 0 Å². The van der Waals surface area contributed by atoms with Crippen LogP contribution in [0.5, 0.6) is 0 Å². The summed E-state index contributed by atoms with van der Waals surface area (Å²) in [5.74, 6) is 0.527. The molecule has 8 heavy (non-hydrogen) atoms. The molecule has 1 unspecified atom stereocenters. The highest BCUT2D eigenvalue weighted by atomic mass is 19.1. The van der Waals surface area contributed by atoms with Gasteiger partial charge in [0.05, 0.1) is 0 Å². The molecule has 1 saturated heterocycles. The van der Waals surface area contributed by atoms with Gasteiger partial charge in [0.1, 0.15) is 6.17 Å². The zero-order chi connectivity index (χ0) is 5.98. The second-order valence-corrected chi connectivity index (χ2v) is 2.60. The zero-order valence-electron chi connectivity index (χ0n) is 5.15. The van der Waals surface area contributed by atoms with E-state index in [0.717, 1.165) is 13.0 Å². The molecule has 48 valence electrons. The lowest BCUT2D eigenvalue weighted by Gasteiger charge is -2.21. The minimum Gasteiger partial charge on any atom is -0.314 e. The van der Waals surface area contributed by atoms with Crippen molar-refractivity contribution >= 4 is 0 Å². The third kappa shape index (κ3) is 1.44. The normalized spacial score (nSPS) is 39.8. The average molecular weight is 117 g/mol. The molecule has 1 aliphatic heterocycles. The Kier molecular flexibility index (Phi) is 1.84. The predicted octanol–water partition coefficient (Wildman–Crippen LogP) is 0.954. The Labute approximate surface area is 49.3 Å². The third-order valence-corrected chi connectivity index (χ3v) is 1.52. The van der Waals surface area contributed by atoms with Crippen LogP contribution in [0.1, 0.15) is 13.3 Å². The van der Waals surface area contributed by atoms with Crippen LogP contribution in [0.2, 0.25) is 0 Å². The summed E-state index contributed by atoms with van der Waals surface area (Å²) in [5, 5.41) is 3.01. The number of nitrogens with one attached hydrogen (secondary N) is 1. The molecule has 0 aromatic heterocycles. The first-order valence-corrected chi connectivity index (χ1v) is 3.14. The summed E-state index contributed by atoms with van der Waals surface area (Å²) < 4.78 is 12.4. The molecule has 1 heterocycles. The molecule has 0 bridgehead atoms. The first kappa shape index (κ1) is 6.02. The van der Waals surface area contributed by atoms with Crippen LogP contribution in [0.25, 0.3) is 0 Å². The molecule has 0 aromatic rings. The fourth-order valence-corrected chi connectivity index (χ4v) is 1.09. The summed E-state index contributed by atoms with van der Waals surface area (Å²) in [6, 6.07) is 0. The number of hydrogen-bond acceptors (Lipinski definition) is 1. The molecule has 1 aliphatic rings. The Morgan fingerprint density at radius 2 is 2.25 bits per heavy atom. The topological polar surface area (TPSA) is 12.0 Å². The van der Waals surface area contributed by atoms with E-state index in [1.54, 1.807) is 0 Å². The smallest absolute Gasteiger partial charge is 0.113 e. The Morgan fingerprint density at radius 3 is 2.62 bits per heavy atom. The molecule has 1 nitrogen and oxygen atoms in total. The van der Waals surface area contributed by atoms with Gasteiger partial charge in [-0.25, -0.2) is 4.39 Å². The maximum atomic E-state index is 12.4. The minimum absolute atomic E-state index is 0.527. The van der Waals surface area contributed by atoms with Gasteiger partial charge in [0.15, 0.2) is 0 Å². The number of hydrogen-bond donors (Lipinski definition) is 1. The zero-order valence-corrected chi connectivity index (χ0v) is 5.15. The first-order chi connectivity index (χ1) is 3.79. The van der Waals surface area contributed by atoms with Crippen LogP contribution in [0.4, 0.5) is 4.39 Å². The van der Waals surface area contributed by atoms with Gasteiger partial charge < -0.3 is 5.32 Å². The standard InChI is InChI=1S/C6H12FN/c1-5-2-6(7)4-8-3-5/h5-6,8H,2-4H2,1H3/t5-,6?/m0/s1. The summed E-state index contributed by atoms with van der Waals surface area (Å²) in [6.45, 7) is 3.61. The first-order valence-electron chi connectivity index (χ1n) is 3.14. The van der Waals surface area contributed by atoms with E-state index in [-0.39, 0.29) is 0 Å². The summed E-state index contributed by atoms with van der Waals surface area (Å²) >= 11 is 0. The fourth-order valence-electron chi connectivity index (χ4n) is 1.09. The second kappa shape index (κ2) is 2.44. The molecule has 0 spiro atoms. The van der Waals surface area contributed by atoms with Crippen LogP contribution in [0.3, 0.4) is 0 Å². The molecule has 0 saturated carbocycles. The van der Waals surface area contributed by atoms with Crippen molar-refractivity contribution in [2.45, 2.75) is 19.5 Å². The van der Waals surface area contributed by atoms with E-state index >= 15 is 0 Å². The minimum atomic E-state index is -0.598. The highest BCUT2D eigenvalue weighted by Crippen LogP contribution is 2.11. The highest BCUT2D eigenvalue weighted by molar-refractivity contribution is 4.71. The van der Waals surface area contributed by atoms with E-state index in [4.69, 9.17) is 0 Å². The van der Waals surface area contributed by atoms with E-state index in [1.807, 2.05) is 0 Å². The van der Waals surface area contributed by atoms with Crippen LogP contribution in [-0.2, 0) is 0 Å². The molecular weight excluding hydrogens is 105 g/mol. The Hall–Kier alpha value is -0.110. The Morgan fingerprint density at radius 1 is 1.50 bits per heavy atom. The lowest BCUT2D eigenvalue weighted by atomic mass is 10.0. The van der Waals surface area contributed by atoms with E-state index in [9.17, 15) is 4.39 Å². The SMILES string of the molecule is C[C@@H]1CNCC(F)C1. The lowest BCUT2D eigenvalue weighted by molar-refractivity contribution is 0.224. The highest BCUT2D eigenvalue weighted by Gasteiger charge is 2.16. The van der Waals surface area contributed by atoms with Gasteiger partial charge in [0.25, 0.3) is 0 Å². The van der Waals surface area contributed by atoms with Crippen molar-refractivity contribution in [3.63, 3.8) is 0 Å². The number of rotatable bonds is 0. The molecule has 0 aromatic carbocycles. The summed E-state index contributed by atoms with van der Waals surface area (Å²) in [4.78, 5) is 0. The van der Waals surface area contributed by atoms with Crippen LogP contribution < -0.4 is 5.32 Å². The van der Waals surface area contributed by atoms with Gasteiger partial charge in [-0.05, 0) is 18.9 Å². The molecule has 0 aliphatic carbocycles. The maximum absolute atomic E-state index is 12.4. The van der Waals surface area contributed by atoms with Crippen molar-refractivity contribution in [2.24, 2.45) is 5.92 Å². The molecule has 1 rings (SSSR count). The van der Waals surface area contributed by atoms with Crippen LogP contribution >= 0.6 is 0 Å². The van der Waals surface area contributed by atoms with E-state index in [0.29, 0.717) is 12.5 Å². The van der Waals surface area contributed by atoms with Gasteiger partial charge in [-0.1, -0.05) is 6.92 Å². The molecule has 0 radical (unpaired) electrons. The van der Waals surface area contributed by atoms with Crippen LogP contribution in [-0.4, -0.2) is 19.3 Å². The summed E-state index contributed by atoms with van der Waals surface area (Å²) in [6.07, 6.45) is 0.145. The average Bonchev–Trinajstić information content (AvgIpc) is 1.64. The van der Waals surface area contributed by atoms with Crippen molar-refractivity contribution in [2.75, 3.05) is 13.1 Å². The van der Waals surface area contributed by atoms with Crippen LogP contribution in [0.15, 0.2) is 0 Å². The Bertz CT molecular complexity index is 66.9. The van der Waals surface area contributed by atoms with Gasteiger partial charge in [0.2, 0.25) is 0 Å². The predicted molar refractivity (Wildman–Crippen MR) is 31.5 cm³/mol. The van der Waals surface area contributed by atoms with Gasteiger partial charge in [-0.2, -0.15) is 0 Å². The van der Waals surface area contributed by atoms with Crippen molar-refractivity contribution in [1.29, 1.82) is 0 Å². The van der Waals surface area contributed by atoms with E-state index in [1.165, 1.54) is 0 Å². The summed E-state index contributed by atoms with van der Waals surface area (Å²) in [5.41, 5.74) is 0. The van der Waals surface area contributed by atoms with Crippen LogP contribution in [0, 0.1) is 5.92 Å². The van der Waals surface area contributed by atoms with Crippen molar-refractivity contribution in [1.82, 2.24) is 5.32 Å². The second-order valence-electron chi connectivity index (χ2n) is 2.60. The van der Waals surface area contributed by atoms with Gasteiger partial charge in [0, 0.05) is 6.54 Å². The number of alkyl halides is 1. The van der Waals surface area contributed by atoms with Crippen molar-refractivity contribution in [3.05, 3.63) is 0 Å². The van der Waals surface area contributed by atoms with Gasteiger partial charge >= 0.3 is 0 Å². The fraction of sp³-hybridized carbons (Fsp3) is 1.00. The lowest BCUT2D eigenvalue weighted by Crippen LogP contribution is -2.35. The van der Waals surface area contributed by atoms with E-state index < -0.39 is 6.17 Å². The maximum Gasteiger partial charge on any atom is 0.113 e. The van der Waals surface area contributed by atoms with Gasteiger partial charge in [-0.15, -0.1) is 0 Å². The number of piperidine rings is 1. The molecular formula is C6H12FN. The quantitative estimate of drug-likeness (QED) is 0.498. The van der Waals surface area contributed by atoms with Crippen molar-refractivity contribution < 1.29 is 4.39 Å². The molecule has 1 N–H and O–H groups in total. The number of halogens is 1. The van der Waals surface area contributed by atoms with E-state index in [2.05, 4.69) is 12.2 Å². The Balaban J connectivity index is 2.23. The molecule has 2 heteroatoms. The van der Waals surface area contributed by atoms with Gasteiger partial charge in [-0.3, -0.25) is 0 Å². The largest absolute Gasteiger partial charge is 0.314 e. The molecule has 0 amide bonds. The molecule has 2 atom stereocenters.